The molecule has 0 unspecified atom stereocenters. The van der Waals surface area contributed by atoms with Crippen LogP contribution in [0.3, 0.4) is 0 Å². The number of sulfonamides is 1. The number of aryl methyl sites for hydroxylation is 1. The standard InChI is InChI=1S/C26H29NO6S2/c1-17-13-15-19(16-14-17)35(30,31)27-22(18-9-5-4-6-10-18)20-11-7-8-12-21(20)34-24(26(29)33-3)23(27)25(28)32-2/h7-8,11-16,18,22H,4-6,9-10H2,1-3H3/t22-/m1/s1. The quantitative estimate of drug-likeness (QED) is 0.519. The number of esters is 2. The fraction of sp³-hybridized carbons (Fsp3) is 0.385. The molecule has 0 radical (unpaired) electrons. The summed E-state index contributed by atoms with van der Waals surface area (Å²) in [4.78, 5) is 26.9. The fourth-order valence-electron chi connectivity index (χ4n) is 4.84. The molecule has 0 N–H and O–H groups in total. The zero-order chi connectivity index (χ0) is 25.2. The number of carbonyl (C=O) groups excluding carboxylic acids is 2. The minimum Gasteiger partial charge on any atom is -0.465 e. The molecule has 1 aliphatic carbocycles. The van der Waals surface area contributed by atoms with Gasteiger partial charge in [-0.05, 0) is 49.4 Å². The molecular formula is C26H29NO6S2. The van der Waals surface area contributed by atoms with Gasteiger partial charge in [-0.25, -0.2) is 22.3 Å². The molecule has 186 valence electrons. The van der Waals surface area contributed by atoms with Gasteiger partial charge < -0.3 is 9.47 Å². The largest absolute Gasteiger partial charge is 0.465 e. The number of hydrogen-bond donors (Lipinski definition) is 0. The second kappa shape index (κ2) is 10.5. The van der Waals surface area contributed by atoms with E-state index in [0.717, 1.165) is 59.3 Å². The molecule has 0 amide bonds. The molecule has 7 nitrogen and oxygen atoms in total. The van der Waals surface area contributed by atoms with Gasteiger partial charge in [-0.2, -0.15) is 0 Å². The third-order valence-corrected chi connectivity index (χ3v) is 9.51. The highest BCUT2D eigenvalue weighted by Crippen LogP contribution is 2.50. The first-order chi connectivity index (χ1) is 16.8. The van der Waals surface area contributed by atoms with E-state index in [0.29, 0.717) is 4.90 Å². The number of ether oxygens (including phenoxy) is 2. The normalized spacial score (nSPS) is 19.1. The van der Waals surface area contributed by atoms with Crippen LogP contribution in [0.15, 0.2) is 68.9 Å². The number of benzene rings is 2. The van der Waals surface area contributed by atoms with Gasteiger partial charge in [-0.3, -0.25) is 0 Å². The van der Waals surface area contributed by atoms with Crippen molar-refractivity contribution in [2.75, 3.05) is 14.2 Å². The summed E-state index contributed by atoms with van der Waals surface area (Å²) in [6.07, 6.45) is 4.64. The summed E-state index contributed by atoms with van der Waals surface area (Å²) in [5.74, 6) is -1.73. The van der Waals surface area contributed by atoms with Gasteiger partial charge in [0.05, 0.1) is 25.2 Å². The first-order valence-electron chi connectivity index (χ1n) is 11.6. The molecule has 0 aromatic heterocycles. The lowest BCUT2D eigenvalue weighted by molar-refractivity contribution is -0.140. The van der Waals surface area contributed by atoms with Crippen LogP contribution in [-0.2, 0) is 29.1 Å². The average Bonchev–Trinajstić information content (AvgIpc) is 3.04. The Hall–Kier alpha value is -2.78. The lowest BCUT2D eigenvalue weighted by atomic mass is 9.81. The smallest absolute Gasteiger partial charge is 0.356 e. The van der Waals surface area contributed by atoms with Gasteiger partial charge in [0.1, 0.15) is 4.91 Å². The van der Waals surface area contributed by atoms with Crippen LogP contribution < -0.4 is 0 Å². The predicted octanol–water partition coefficient (Wildman–Crippen LogP) is 4.97. The molecule has 35 heavy (non-hydrogen) atoms. The third kappa shape index (κ3) is 4.84. The zero-order valence-electron chi connectivity index (χ0n) is 20.0. The Balaban J connectivity index is 2.07. The lowest BCUT2D eigenvalue weighted by Crippen LogP contribution is -2.41. The lowest BCUT2D eigenvalue weighted by Gasteiger charge is -2.39. The topological polar surface area (TPSA) is 90.0 Å². The van der Waals surface area contributed by atoms with Gasteiger partial charge in [0, 0.05) is 4.90 Å². The molecule has 1 saturated carbocycles. The first-order valence-corrected chi connectivity index (χ1v) is 13.8. The van der Waals surface area contributed by atoms with Crippen LogP contribution in [0.4, 0.5) is 0 Å². The van der Waals surface area contributed by atoms with Crippen LogP contribution >= 0.6 is 11.8 Å². The van der Waals surface area contributed by atoms with Gasteiger partial charge in [0.2, 0.25) is 0 Å². The van der Waals surface area contributed by atoms with Crippen molar-refractivity contribution in [2.45, 2.75) is 54.9 Å². The van der Waals surface area contributed by atoms with E-state index in [1.807, 2.05) is 31.2 Å². The Morgan fingerprint density at radius 3 is 2.17 bits per heavy atom. The number of fused-ring (bicyclic) bond motifs is 1. The van der Waals surface area contributed by atoms with Crippen LogP contribution in [0.5, 0.6) is 0 Å². The van der Waals surface area contributed by atoms with Crippen molar-refractivity contribution in [3.05, 3.63) is 70.3 Å². The second-order valence-corrected chi connectivity index (χ2v) is 11.6. The highest BCUT2D eigenvalue weighted by atomic mass is 32.2. The van der Waals surface area contributed by atoms with E-state index in [1.165, 1.54) is 26.4 Å². The Bertz CT molecular complexity index is 1250. The van der Waals surface area contributed by atoms with E-state index in [1.54, 1.807) is 12.1 Å². The minimum atomic E-state index is -4.27. The van der Waals surface area contributed by atoms with E-state index in [4.69, 9.17) is 9.47 Å². The first kappa shape index (κ1) is 25.3. The number of rotatable bonds is 5. The van der Waals surface area contributed by atoms with Gasteiger partial charge in [0.25, 0.3) is 10.0 Å². The van der Waals surface area contributed by atoms with Crippen LogP contribution in [0.25, 0.3) is 0 Å². The van der Waals surface area contributed by atoms with Crippen molar-refractivity contribution in [3.8, 4) is 0 Å². The van der Waals surface area contributed by atoms with Gasteiger partial charge in [-0.15, -0.1) is 0 Å². The number of hydrogen-bond acceptors (Lipinski definition) is 7. The second-order valence-electron chi connectivity index (χ2n) is 8.76. The van der Waals surface area contributed by atoms with Gasteiger partial charge in [0.15, 0.2) is 5.70 Å². The van der Waals surface area contributed by atoms with Crippen LogP contribution in [0, 0.1) is 12.8 Å². The Kier molecular flexibility index (Phi) is 7.56. The maximum Gasteiger partial charge on any atom is 0.356 e. The SMILES string of the molecule is COC(=O)C1=C(C(=O)OC)N(S(=O)(=O)c2ccc(C)cc2)[C@H](C2CCCCC2)c2ccccc2S1. The Morgan fingerprint density at radius 1 is 0.914 bits per heavy atom. The van der Waals surface area contributed by atoms with Crippen molar-refractivity contribution < 1.29 is 27.5 Å². The maximum atomic E-state index is 14.3. The molecule has 1 aliphatic heterocycles. The highest BCUT2D eigenvalue weighted by Gasteiger charge is 2.46. The number of nitrogens with zero attached hydrogens (tertiary/aromatic N) is 1. The maximum absolute atomic E-state index is 14.3. The Labute approximate surface area is 210 Å². The third-order valence-electron chi connectivity index (χ3n) is 6.56. The summed E-state index contributed by atoms with van der Waals surface area (Å²) < 4.78 is 39.9. The molecule has 2 aromatic carbocycles. The molecule has 2 aliphatic rings. The van der Waals surface area contributed by atoms with Crippen molar-refractivity contribution in [1.82, 2.24) is 4.31 Å². The summed E-state index contributed by atoms with van der Waals surface area (Å²) in [5, 5.41) is 0. The summed E-state index contributed by atoms with van der Waals surface area (Å²) in [6.45, 7) is 1.87. The summed E-state index contributed by atoms with van der Waals surface area (Å²) >= 11 is 1.05. The molecular weight excluding hydrogens is 486 g/mol. The monoisotopic (exact) mass is 515 g/mol. The van der Waals surface area contributed by atoms with Crippen molar-refractivity contribution in [2.24, 2.45) is 5.92 Å². The van der Waals surface area contributed by atoms with Crippen LogP contribution in [-0.4, -0.2) is 38.9 Å². The summed E-state index contributed by atoms with van der Waals surface area (Å²) in [7, 11) is -1.88. The number of thioether (sulfide) groups is 1. The molecule has 0 spiro atoms. The fourth-order valence-corrected chi connectivity index (χ4v) is 7.71. The molecule has 1 atom stereocenters. The van der Waals surface area contributed by atoms with E-state index in [9.17, 15) is 18.0 Å². The van der Waals surface area contributed by atoms with Crippen molar-refractivity contribution in [3.63, 3.8) is 0 Å². The molecule has 0 bridgehead atoms. The van der Waals surface area contributed by atoms with Crippen LogP contribution in [0.1, 0.15) is 49.3 Å². The Morgan fingerprint density at radius 2 is 1.54 bits per heavy atom. The molecule has 2 aromatic rings. The zero-order valence-corrected chi connectivity index (χ0v) is 21.7. The van der Waals surface area contributed by atoms with E-state index in [-0.39, 0.29) is 21.4 Å². The van der Waals surface area contributed by atoms with E-state index < -0.39 is 28.0 Å². The minimum absolute atomic E-state index is 0.0395. The van der Waals surface area contributed by atoms with Crippen molar-refractivity contribution in [1.29, 1.82) is 0 Å². The number of carbonyl (C=O) groups is 2. The van der Waals surface area contributed by atoms with E-state index >= 15 is 0 Å². The summed E-state index contributed by atoms with van der Waals surface area (Å²) in [5.41, 5.74) is 1.36. The molecule has 1 heterocycles. The molecule has 9 heteroatoms. The molecule has 1 fully saturated rings. The van der Waals surface area contributed by atoms with Gasteiger partial charge in [-0.1, -0.05) is 66.9 Å². The average molecular weight is 516 g/mol. The summed E-state index contributed by atoms with van der Waals surface area (Å²) in [6, 6.07) is 13.2. The van der Waals surface area contributed by atoms with E-state index in [2.05, 4.69) is 0 Å². The van der Waals surface area contributed by atoms with Gasteiger partial charge >= 0.3 is 11.9 Å². The number of methoxy groups -OCH3 is 2. The predicted molar refractivity (Wildman–Crippen MR) is 133 cm³/mol. The van der Waals surface area contributed by atoms with Crippen LogP contribution in [0.2, 0.25) is 0 Å². The van der Waals surface area contributed by atoms with Crippen molar-refractivity contribution >= 4 is 33.7 Å². The molecule has 0 saturated heterocycles. The highest BCUT2D eigenvalue weighted by molar-refractivity contribution is 8.04. The molecule has 4 rings (SSSR count).